The lowest BCUT2D eigenvalue weighted by Gasteiger charge is -2.37. The summed E-state index contributed by atoms with van der Waals surface area (Å²) in [4.78, 5) is 23.7. The van der Waals surface area contributed by atoms with E-state index in [0.717, 1.165) is 40.3 Å². The largest absolute Gasteiger partial charge is 0.425 e. The number of fused-ring (bicyclic) bond motifs is 1. The fourth-order valence-corrected chi connectivity index (χ4v) is 5.92. The minimum atomic E-state index is -3.94. The third-order valence-corrected chi connectivity index (χ3v) is 8.46. The van der Waals surface area contributed by atoms with E-state index < -0.39 is 21.7 Å². The number of pyridine rings is 1. The summed E-state index contributed by atoms with van der Waals surface area (Å²) in [5, 5.41) is 11.0. The highest BCUT2D eigenvalue weighted by Gasteiger charge is 2.36. The van der Waals surface area contributed by atoms with Gasteiger partial charge in [0.05, 0.1) is 27.5 Å². The molecule has 0 atom stereocenters. The van der Waals surface area contributed by atoms with Crippen molar-refractivity contribution >= 4 is 44.6 Å². The van der Waals surface area contributed by atoms with Gasteiger partial charge in [-0.15, -0.1) is 0 Å². The maximum absolute atomic E-state index is 12.2. The van der Waals surface area contributed by atoms with Crippen LogP contribution in [-0.2, 0) is 20.6 Å². The smallest absolute Gasteiger partial charge is 0.326 e. The molecule has 3 heterocycles. The van der Waals surface area contributed by atoms with Crippen molar-refractivity contribution in [1.82, 2.24) is 19.7 Å². The Morgan fingerprint density at radius 3 is 2.51 bits per heavy atom. The quantitative estimate of drug-likeness (QED) is 0.349. The number of imidazole rings is 1. The number of rotatable bonds is 5. The van der Waals surface area contributed by atoms with E-state index in [9.17, 15) is 18.3 Å². The number of benzene rings is 2. The van der Waals surface area contributed by atoms with Gasteiger partial charge in [0.25, 0.3) is 5.91 Å². The van der Waals surface area contributed by atoms with Gasteiger partial charge < -0.3 is 14.8 Å². The van der Waals surface area contributed by atoms with E-state index in [0.29, 0.717) is 27.6 Å². The molecule has 1 aliphatic carbocycles. The minimum Gasteiger partial charge on any atom is -0.425 e. The molecule has 2 aromatic heterocycles. The number of H-pyrrole nitrogens is 1. The first-order chi connectivity index (χ1) is 17.6. The molecule has 0 radical (unpaired) electrons. The van der Waals surface area contributed by atoms with Crippen LogP contribution in [0.25, 0.3) is 22.4 Å². The Balaban J connectivity index is 1.29. The number of carbonyl (C=O) groups is 1. The summed E-state index contributed by atoms with van der Waals surface area (Å²) in [7, 11) is -3.94. The first-order valence-electron chi connectivity index (χ1n) is 11.6. The van der Waals surface area contributed by atoms with Gasteiger partial charge in [-0.2, -0.15) is 13.4 Å². The number of aromatic nitrogens is 3. The number of nitrogens with zero attached hydrogens (tertiary/aromatic N) is 3. The molecule has 1 aliphatic heterocycles. The van der Waals surface area contributed by atoms with Crippen molar-refractivity contribution in [1.29, 1.82) is 0 Å². The molecule has 6 rings (SSSR count). The molecule has 2 fully saturated rings. The molecule has 0 spiro atoms. The molecule has 2 aromatic carbocycles. The van der Waals surface area contributed by atoms with Crippen LogP contribution in [-0.4, -0.2) is 40.9 Å². The number of aryl methyl sites for hydroxylation is 1. The highest BCUT2D eigenvalue weighted by molar-refractivity contribution is 7.92. The molecule has 10 nitrogen and oxygen atoms in total. The number of halogens is 1. The van der Waals surface area contributed by atoms with Crippen LogP contribution in [0.1, 0.15) is 30.4 Å². The second-order valence-corrected chi connectivity index (χ2v) is 11.3. The average Bonchev–Trinajstić information content (AvgIpc) is 3.35. The summed E-state index contributed by atoms with van der Waals surface area (Å²) in [6.45, 7) is 1.50. The maximum Gasteiger partial charge on any atom is 0.326 e. The topological polar surface area (TPSA) is 138 Å². The molecule has 1 saturated carbocycles. The monoisotopic (exact) mass is 539 g/mol. The van der Waals surface area contributed by atoms with E-state index in [1.807, 2.05) is 29.0 Å². The lowest BCUT2D eigenvalue weighted by atomic mass is 9.75. The first kappa shape index (κ1) is 23.7. The molecule has 1 saturated heterocycles. The zero-order chi connectivity index (χ0) is 25.9. The van der Waals surface area contributed by atoms with Gasteiger partial charge in [-0.05, 0) is 49.4 Å². The van der Waals surface area contributed by atoms with E-state index in [1.165, 1.54) is 6.07 Å². The van der Waals surface area contributed by atoms with Crippen LogP contribution in [0, 0.1) is 6.92 Å². The molecule has 0 unspecified atom stereocenters. The number of aromatic amines is 1. The normalized spacial score (nSPS) is 18.0. The standard InChI is InChI=1S/C25H22ClN5O5S/c1-14-3-8-17(31-13-21(32)30-37(31,34)35)11-20(14)36-24-27-19-12-18(26)22(28-23(19)29-24)15-4-6-16(7-5-15)25(33)9-2-10-25/h3-8,11-12,33H,2,9-10,13H2,1H3,(H,30,32)(H,27,28,29). The zero-order valence-electron chi connectivity index (χ0n) is 19.7. The van der Waals surface area contributed by atoms with Gasteiger partial charge in [-0.25, -0.2) is 14.0 Å². The number of hydrogen-bond acceptors (Lipinski definition) is 7. The lowest BCUT2D eigenvalue weighted by Crippen LogP contribution is -2.33. The van der Waals surface area contributed by atoms with Gasteiger partial charge >= 0.3 is 16.2 Å². The van der Waals surface area contributed by atoms with Crippen molar-refractivity contribution in [3.05, 3.63) is 64.7 Å². The van der Waals surface area contributed by atoms with Gasteiger partial charge in [-0.1, -0.05) is 41.9 Å². The zero-order valence-corrected chi connectivity index (χ0v) is 21.2. The summed E-state index contributed by atoms with van der Waals surface area (Å²) in [6, 6.07) is 14.3. The predicted octanol–water partition coefficient (Wildman–Crippen LogP) is 3.93. The van der Waals surface area contributed by atoms with Crippen molar-refractivity contribution in [2.75, 3.05) is 10.8 Å². The average molecular weight is 540 g/mol. The molecule has 12 heteroatoms. The Kier molecular flexibility index (Phi) is 5.41. The van der Waals surface area contributed by atoms with Gasteiger partial charge in [0.15, 0.2) is 5.65 Å². The first-order valence-corrected chi connectivity index (χ1v) is 13.4. The van der Waals surface area contributed by atoms with Gasteiger partial charge in [-0.3, -0.25) is 4.79 Å². The van der Waals surface area contributed by atoms with Crippen LogP contribution in [0.3, 0.4) is 0 Å². The number of anilines is 1. The Hall–Kier alpha value is -3.67. The number of aliphatic hydroxyl groups is 1. The summed E-state index contributed by atoms with van der Waals surface area (Å²) >= 11 is 6.54. The SMILES string of the molecule is Cc1ccc(N2CC(=O)NS2(=O)=O)cc1Oc1nc2nc(-c3ccc(C4(O)CCC4)cc3)c(Cl)cc2[nH]1. The van der Waals surface area contributed by atoms with E-state index >= 15 is 0 Å². The molecule has 3 N–H and O–H groups in total. The molecule has 1 amide bonds. The van der Waals surface area contributed by atoms with Crippen molar-refractivity contribution in [2.24, 2.45) is 0 Å². The van der Waals surface area contributed by atoms with Gasteiger partial charge in [0.2, 0.25) is 0 Å². The van der Waals surface area contributed by atoms with Crippen molar-refractivity contribution in [3.63, 3.8) is 0 Å². The highest BCUT2D eigenvalue weighted by atomic mass is 35.5. The van der Waals surface area contributed by atoms with Gasteiger partial charge in [0.1, 0.15) is 12.3 Å². The Morgan fingerprint density at radius 1 is 1.11 bits per heavy atom. The van der Waals surface area contributed by atoms with Crippen LogP contribution in [0.4, 0.5) is 5.69 Å². The minimum absolute atomic E-state index is 0.150. The number of nitrogens with one attached hydrogen (secondary N) is 2. The Morgan fingerprint density at radius 2 is 1.86 bits per heavy atom. The van der Waals surface area contributed by atoms with Crippen molar-refractivity contribution in [3.8, 4) is 23.0 Å². The molecule has 190 valence electrons. The molecule has 0 bridgehead atoms. The van der Waals surface area contributed by atoms with E-state index in [-0.39, 0.29) is 18.2 Å². The van der Waals surface area contributed by atoms with E-state index in [2.05, 4.69) is 15.0 Å². The van der Waals surface area contributed by atoms with Crippen LogP contribution in [0.15, 0.2) is 48.5 Å². The van der Waals surface area contributed by atoms with Crippen LogP contribution >= 0.6 is 11.6 Å². The third kappa shape index (κ3) is 4.18. The third-order valence-electron chi connectivity index (χ3n) is 6.77. The number of ether oxygens (including phenoxy) is 1. The Bertz CT molecular complexity index is 1670. The second-order valence-electron chi connectivity index (χ2n) is 9.28. The molecular formula is C25H22ClN5O5S. The number of hydrogen-bond donors (Lipinski definition) is 3. The van der Waals surface area contributed by atoms with Gasteiger partial charge in [0, 0.05) is 11.6 Å². The fourth-order valence-electron chi connectivity index (χ4n) is 4.52. The van der Waals surface area contributed by atoms with Crippen molar-refractivity contribution < 1.29 is 23.1 Å². The molecule has 4 aromatic rings. The summed E-state index contributed by atoms with van der Waals surface area (Å²) in [5.74, 6) is -0.241. The van der Waals surface area contributed by atoms with Crippen molar-refractivity contribution in [2.45, 2.75) is 31.8 Å². The van der Waals surface area contributed by atoms with Crippen LogP contribution < -0.4 is 13.8 Å². The maximum atomic E-state index is 12.2. The fraction of sp³-hybridized carbons (Fsp3) is 0.240. The van der Waals surface area contributed by atoms with Crippen LogP contribution in [0.5, 0.6) is 11.8 Å². The summed E-state index contributed by atoms with van der Waals surface area (Å²) in [6.07, 6.45) is 2.54. The van der Waals surface area contributed by atoms with Crippen LogP contribution in [0.2, 0.25) is 5.02 Å². The van der Waals surface area contributed by atoms with E-state index in [4.69, 9.17) is 16.3 Å². The number of amides is 1. The number of carbonyl (C=O) groups excluding carboxylic acids is 1. The summed E-state index contributed by atoms with van der Waals surface area (Å²) in [5.41, 5.74) is 3.46. The lowest BCUT2D eigenvalue weighted by molar-refractivity contribution is -0.117. The second kappa shape index (κ2) is 8.44. The van der Waals surface area contributed by atoms with E-state index in [1.54, 1.807) is 25.1 Å². The summed E-state index contributed by atoms with van der Waals surface area (Å²) < 4.78 is 33.3. The highest BCUT2D eigenvalue weighted by Crippen LogP contribution is 2.42. The predicted molar refractivity (Wildman–Crippen MR) is 138 cm³/mol. The Labute approximate surface area is 217 Å². The molecular weight excluding hydrogens is 518 g/mol. The molecule has 37 heavy (non-hydrogen) atoms. The molecule has 2 aliphatic rings.